The predicted octanol–water partition coefficient (Wildman–Crippen LogP) is 3.35. The number of carbonyl (C=O) groups excluding carboxylic acids is 2. The lowest BCUT2D eigenvalue weighted by Gasteiger charge is -2.22. The van der Waals surface area contributed by atoms with Gasteiger partial charge < -0.3 is 14.7 Å². The highest BCUT2D eigenvalue weighted by molar-refractivity contribution is 7.12. The van der Waals surface area contributed by atoms with Crippen molar-refractivity contribution in [3.8, 4) is 5.75 Å². The molecule has 0 aliphatic carbocycles. The molecule has 0 saturated heterocycles. The molecule has 124 valence electrons. The molecule has 24 heavy (non-hydrogen) atoms. The zero-order chi connectivity index (χ0) is 17.3. The molecule has 0 fully saturated rings. The van der Waals surface area contributed by atoms with Crippen LogP contribution in [-0.4, -0.2) is 35.4 Å². The molecule has 6 heteroatoms. The maximum Gasteiger partial charge on any atom is 0.289 e. The number of thiophene rings is 1. The third kappa shape index (κ3) is 2.69. The number of carbonyl (C=O) groups is 2. The van der Waals surface area contributed by atoms with Gasteiger partial charge in [0, 0.05) is 7.05 Å². The Hall–Kier alpha value is -2.60. The molecule has 1 aromatic carbocycles. The maximum absolute atomic E-state index is 12.8. The van der Waals surface area contributed by atoms with E-state index < -0.39 is 17.7 Å². The summed E-state index contributed by atoms with van der Waals surface area (Å²) in [5.74, 6) is -0.707. The lowest BCUT2D eigenvalue weighted by molar-refractivity contribution is -0.128. The quantitative estimate of drug-likeness (QED) is 0.846. The van der Waals surface area contributed by atoms with E-state index in [-0.39, 0.29) is 11.4 Å². The number of aliphatic hydroxyl groups excluding tert-OH is 1. The van der Waals surface area contributed by atoms with E-state index in [1.54, 1.807) is 36.7 Å². The lowest BCUT2D eigenvalue weighted by Crippen LogP contribution is -2.26. The number of hydrogen-bond acceptors (Lipinski definition) is 5. The Kier molecular flexibility index (Phi) is 4.40. The van der Waals surface area contributed by atoms with Gasteiger partial charge in [-0.05, 0) is 36.1 Å². The highest BCUT2D eigenvalue weighted by Gasteiger charge is 2.42. The van der Waals surface area contributed by atoms with Gasteiger partial charge >= 0.3 is 0 Å². The average Bonchev–Trinajstić information content (AvgIpc) is 3.18. The highest BCUT2D eigenvalue weighted by Crippen LogP contribution is 2.39. The molecule has 0 saturated carbocycles. The third-order valence-corrected chi connectivity index (χ3v) is 4.78. The molecule has 1 aliphatic rings. The first-order valence-electron chi connectivity index (χ1n) is 7.55. The number of nitrogens with zero attached hydrogens (tertiary/aromatic N) is 1. The van der Waals surface area contributed by atoms with E-state index in [0.717, 1.165) is 5.56 Å². The molecule has 0 spiro atoms. The van der Waals surface area contributed by atoms with Gasteiger partial charge in [0.25, 0.3) is 5.91 Å². The van der Waals surface area contributed by atoms with Gasteiger partial charge in [-0.15, -0.1) is 11.3 Å². The Bertz CT molecular complexity index is 810. The van der Waals surface area contributed by atoms with E-state index in [1.165, 1.54) is 16.2 Å². The molecule has 1 aliphatic heterocycles. The van der Waals surface area contributed by atoms with Crippen LogP contribution >= 0.6 is 11.3 Å². The largest absolute Gasteiger partial charge is 0.503 e. The van der Waals surface area contributed by atoms with E-state index in [4.69, 9.17) is 4.74 Å². The summed E-state index contributed by atoms with van der Waals surface area (Å²) in [6, 6.07) is 10.0. The smallest absolute Gasteiger partial charge is 0.289 e. The minimum Gasteiger partial charge on any atom is -0.503 e. The normalized spacial score (nSPS) is 17.5. The first kappa shape index (κ1) is 16.3. The number of rotatable bonds is 5. The van der Waals surface area contributed by atoms with Crippen LogP contribution in [0, 0.1) is 0 Å². The summed E-state index contributed by atoms with van der Waals surface area (Å²) in [4.78, 5) is 26.9. The second kappa shape index (κ2) is 6.49. The first-order valence-corrected chi connectivity index (χ1v) is 8.43. The number of benzene rings is 1. The Labute approximate surface area is 143 Å². The lowest BCUT2D eigenvalue weighted by atomic mass is 9.95. The van der Waals surface area contributed by atoms with Crippen LogP contribution in [0.25, 0.3) is 0 Å². The van der Waals surface area contributed by atoms with Gasteiger partial charge in [-0.3, -0.25) is 9.59 Å². The maximum atomic E-state index is 12.8. The molecule has 3 rings (SSSR count). The molecule has 2 aromatic rings. The van der Waals surface area contributed by atoms with Crippen molar-refractivity contribution < 1.29 is 19.4 Å². The van der Waals surface area contributed by atoms with Crippen molar-refractivity contribution in [3.63, 3.8) is 0 Å². The van der Waals surface area contributed by atoms with Gasteiger partial charge in [0.1, 0.15) is 5.75 Å². The van der Waals surface area contributed by atoms with Crippen LogP contribution in [0.5, 0.6) is 5.75 Å². The Morgan fingerprint density at radius 3 is 2.79 bits per heavy atom. The molecular formula is C18H17NO4S. The number of ether oxygens (including phenoxy) is 1. The number of Topliss-reactive ketones (excluding diaryl/α,β-unsaturated/α-hetero) is 1. The monoisotopic (exact) mass is 343 g/mol. The fourth-order valence-electron chi connectivity index (χ4n) is 2.83. The van der Waals surface area contributed by atoms with E-state index in [9.17, 15) is 14.7 Å². The van der Waals surface area contributed by atoms with Gasteiger partial charge in [-0.1, -0.05) is 18.2 Å². The van der Waals surface area contributed by atoms with Crippen molar-refractivity contribution in [3.05, 3.63) is 63.6 Å². The van der Waals surface area contributed by atoms with Crippen molar-refractivity contribution in [1.29, 1.82) is 0 Å². The van der Waals surface area contributed by atoms with Gasteiger partial charge in [0.05, 0.1) is 23.1 Å². The second-order valence-corrected chi connectivity index (χ2v) is 6.34. The molecule has 5 nitrogen and oxygen atoms in total. The Morgan fingerprint density at radius 1 is 1.33 bits per heavy atom. The van der Waals surface area contributed by atoms with Crippen LogP contribution in [0.1, 0.15) is 28.2 Å². The van der Waals surface area contributed by atoms with Gasteiger partial charge in [-0.25, -0.2) is 0 Å². The summed E-state index contributed by atoms with van der Waals surface area (Å²) in [6.45, 7) is 2.40. The average molecular weight is 343 g/mol. The molecule has 1 unspecified atom stereocenters. The summed E-state index contributed by atoms with van der Waals surface area (Å²) in [5.41, 5.74) is 0.833. The molecule has 0 bridgehead atoms. The number of hydrogen-bond donors (Lipinski definition) is 1. The number of aliphatic hydroxyl groups is 1. The molecule has 1 atom stereocenters. The van der Waals surface area contributed by atoms with Crippen LogP contribution in [0.15, 0.2) is 53.1 Å². The fraction of sp³-hybridized carbons (Fsp3) is 0.222. The van der Waals surface area contributed by atoms with E-state index in [0.29, 0.717) is 17.2 Å². The zero-order valence-corrected chi connectivity index (χ0v) is 14.2. The molecule has 0 radical (unpaired) electrons. The van der Waals surface area contributed by atoms with Crippen LogP contribution in [0.4, 0.5) is 0 Å². The van der Waals surface area contributed by atoms with E-state index in [2.05, 4.69) is 0 Å². The summed E-state index contributed by atoms with van der Waals surface area (Å²) in [5, 5.41) is 12.0. The topological polar surface area (TPSA) is 66.8 Å². The minimum atomic E-state index is -0.632. The number of likely N-dealkylation sites (N-methyl/N-ethyl adjacent to an activating group) is 1. The summed E-state index contributed by atoms with van der Waals surface area (Å²) in [7, 11) is 1.57. The van der Waals surface area contributed by atoms with E-state index >= 15 is 0 Å². The number of ketones is 1. The molecule has 1 N–H and O–H groups in total. The van der Waals surface area contributed by atoms with Crippen molar-refractivity contribution in [1.82, 2.24) is 4.90 Å². The summed E-state index contributed by atoms with van der Waals surface area (Å²) >= 11 is 1.28. The third-order valence-electron chi connectivity index (χ3n) is 3.91. The van der Waals surface area contributed by atoms with Crippen molar-refractivity contribution in [2.45, 2.75) is 13.0 Å². The van der Waals surface area contributed by atoms with Crippen LogP contribution in [-0.2, 0) is 4.79 Å². The summed E-state index contributed by atoms with van der Waals surface area (Å²) < 4.78 is 5.50. The van der Waals surface area contributed by atoms with Crippen molar-refractivity contribution in [2.24, 2.45) is 0 Å². The molecule has 1 aromatic heterocycles. The summed E-state index contributed by atoms with van der Waals surface area (Å²) in [6.07, 6.45) is 0. The van der Waals surface area contributed by atoms with Gasteiger partial charge in [0.2, 0.25) is 5.78 Å². The van der Waals surface area contributed by atoms with Gasteiger partial charge in [0.15, 0.2) is 5.76 Å². The fourth-order valence-corrected chi connectivity index (χ4v) is 3.50. The highest BCUT2D eigenvalue weighted by atomic mass is 32.1. The van der Waals surface area contributed by atoms with Crippen LogP contribution < -0.4 is 4.74 Å². The van der Waals surface area contributed by atoms with Crippen molar-refractivity contribution >= 4 is 23.0 Å². The standard InChI is InChI=1S/C18H17NO4S/c1-3-23-12-7-4-6-11(10-12)15-14(17(21)18(22)19(15)2)16(20)13-8-5-9-24-13/h4-10,15,21H,3H2,1-2H3. The van der Waals surface area contributed by atoms with E-state index in [1.807, 2.05) is 19.1 Å². The van der Waals surface area contributed by atoms with Crippen LogP contribution in [0.2, 0.25) is 0 Å². The molecule has 1 amide bonds. The Balaban J connectivity index is 2.06. The number of amides is 1. The minimum absolute atomic E-state index is 0.110. The first-order chi connectivity index (χ1) is 11.5. The zero-order valence-electron chi connectivity index (χ0n) is 13.4. The Morgan fingerprint density at radius 2 is 2.12 bits per heavy atom. The molecular weight excluding hydrogens is 326 g/mol. The van der Waals surface area contributed by atoms with Crippen LogP contribution in [0.3, 0.4) is 0 Å². The van der Waals surface area contributed by atoms with Crippen molar-refractivity contribution in [2.75, 3.05) is 13.7 Å². The molecule has 2 heterocycles. The SMILES string of the molecule is CCOc1cccc(C2C(C(=O)c3cccs3)=C(O)C(=O)N2C)c1. The predicted molar refractivity (Wildman–Crippen MR) is 91.4 cm³/mol. The van der Waals surface area contributed by atoms with Gasteiger partial charge in [-0.2, -0.15) is 0 Å². The second-order valence-electron chi connectivity index (χ2n) is 5.39.